The van der Waals surface area contributed by atoms with Crippen LogP contribution in [0.25, 0.3) is 0 Å². The van der Waals surface area contributed by atoms with E-state index in [1.807, 2.05) is 0 Å². The molecule has 4 rings (SSSR count). The number of anilines is 1. The molecule has 2 aromatic rings. The Labute approximate surface area is 261 Å². The van der Waals surface area contributed by atoms with Gasteiger partial charge in [-0.05, 0) is 25.8 Å². The fourth-order valence-corrected chi connectivity index (χ4v) is 6.18. The minimum atomic E-state index is -5.03. The molecule has 0 radical (unpaired) electrons. The number of carbonyl (C=O) groups excluding carboxylic acids is 2. The molecule has 246 valence electrons. The molecule has 3 heterocycles. The van der Waals surface area contributed by atoms with Crippen molar-refractivity contribution in [3.8, 4) is 0 Å². The minimum Gasteiger partial charge on any atom is -0.478 e. The van der Waals surface area contributed by atoms with E-state index < -0.39 is 51.5 Å². The van der Waals surface area contributed by atoms with Gasteiger partial charge >= 0.3 is 16.3 Å². The van der Waals surface area contributed by atoms with Crippen molar-refractivity contribution in [2.75, 3.05) is 25.9 Å². The average molecular weight is 671 g/mol. The van der Waals surface area contributed by atoms with Crippen molar-refractivity contribution in [3.05, 3.63) is 23.0 Å². The summed E-state index contributed by atoms with van der Waals surface area (Å²) in [6.45, 7) is 0.753. The summed E-state index contributed by atoms with van der Waals surface area (Å²) in [6.07, 6.45) is 3.53. The largest absolute Gasteiger partial charge is 0.478 e. The molecule has 20 nitrogen and oxygen atoms in total. The van der Waals surface area contributed by atoms with Crippen molar-refractivity contribution in [3.63, 3.8) is 0 Å². The van der Waals surface area contributed by atoms with Gasteiger partial charge in [-0.2, -0.15) is 23.4 Å². The molecule has 0 aromatic carbocycles. The Balaban J connectivity index is 1.53. The lowest BCUT2D eigenvalue weighted by molar-refractivity contribution is -0.165. The van der Waals surface area contributed by atoms with Crippen molar-refractivity contribution in [2.45, 2.75) is 62.9 Å². The summed E-state index contributed by atoms with van der Waals surface area (Å²) in [5, 5.41) is 25.8. The van der Waals surface area contributed by atoms with Crippen LogP contribution in [0.5, 0.6) is 0 Å². The van der Waals surface area contributed by atoms with E-state index in [2.05, 4.69) is 30.6 Å². The number of nitrogens with two attached hydrogens (primary N) is 3. The first-order valence-electron chi connectivity index (χ1n) is 13.7. The SMILES string of the molecule is CN(Cc1cnn(C[C@@H]2[C@H](NC(=O)/C(=N\OC3(C(=O)O)CCCC3)c3csc(N)n3)C(=O)N2S(=O)(=O)O)n1)C(N)=NCCCN. The molecule has 0 bridgehead atoms. The van der Waals surface area contributed by atoms with E-state index >= 15 is 0 Å². The van der Waals surface area contributed by atoms with Gasteiger partial charge in [-0.3, -0.25) is 19.1 Å². The van der Waals surface area contributed by atoms with Crippen LogP contribution in [0, 0.1) is 0 Å². The van der Waals surface area contributed by atoms with Crippen molar-refractivity contribution in [2.24, 2.45) is 21.6 Å². The number of aliphatic imine (C=N–C) groups is 1. The van der Waals surface area contributed by atoms with Crippen LogP contribution in [0.3, 0.4) is 0 Å². The molecule has 22 heteroatoms. The smallest absolute Gasteiger partial charge is 0.362 e. The third-order valence-corrected chi connectivity index (χ3v) is 8.78. The number of aromatic nitrogens is 4. The van der Waals surface area contributed by atoms with Crippen LogP contribution in [0.1, 0.15) is 43.5 Å². The summed E-state index contributed by atoms with van der Waals surface area (Å²) in [5.74, 6) is -3.18. The zero-order chi connectivity index (χ0) is 32.9. The second-order valence-corrected chi connectivity index (χ2v) is 12.5. The highest BCUT2D eigenvalue weighted by atomic mass is 32.2. The van der Waals surface area contributed by atoms with Gasteiger partial charge in [0.15, 0.2) is 16.8 Å². The van der Waals surface area contributed by atoms with Crippen molar-refractivity contribution in [1.29, 1.82) is 0 Å². The molecule has 2 atom stereocenters. The number of carboxylic acids is 1. The Morgan fingerprint density at radius 2 is 2.04 bits per heavy atom. The van der Waals surface area contributed by atoms with Crippen LogP contribution >= 0.6 is 11.3 Å². The van der Waals surface area contributed by atoms with E-state index in [0.717, 1.165) is 16.1 Å². The molecule has 1 saturated heterocycles. The summed E-state index contributed by atoms with van der Waals surface area (Å²) in [5.41, 5.74) is 15.4. The van der Waals surface area contributed by atoms with Crippen LogP contribution < -0.4 is 22.5 Å². The fraction of sp³-hybridized carbons (Fsp3) is 0.565. The maximum absolute atomic E-state index is 13.4. The first kappa shape index (κ1) is 33.5. The molecular formula is C23H34N12O8S2. The summed E-state index contributed by atoms with van der Waals surface area (Å²) in [4.78, 5) is 54.5. The Morgan fingerprint density at radius 3 is 2.64 bits per heavy atom. The highest BCUT2D eigenvalue weighted by molar-refractivity contribution is 7.84. The average Bonchev–Trinajstić information content (AvgIpc) is 3.73. The van der Waals surface area contributed by atoms with E-state index in [1.165, 1.54) is 11.6 Å². The number of oxime groups is 1. The molecule has 0 spiro atoms. The second kappa shape index (κ2) is 13.7. The predicted molar refractivity (Wildman–Crippen MR) is 159 cm³/mol. The molecule has 2 amide bonds. The third kappa shape index (κ3) is 7.64. The number of carbonyl (C=O) groups is 3. The maximum Gasteiger partial charge on any atom is 0.362 e. The van der Waals surface area contributed by atoms with Gasteiger partial charge in [0.25, 0.3) is 11.8 Å². The Hall–Kier alpha value is -4.41. The number of nitrogens with one attached hydrogen (secondary N) is 1. The molecule has 1 saturated carbocycles. The van der Waals surface area contributed by atoms with Crippen LogP contribution in [-0.4, -0.2) is 115 Å². The molecule has 0 unspecified atom stereocenters. The van der Waals surface area contributed by atoms with Crippen LogP contribution in [0.4, 0.5) is 5.13 Å². The zero-order valence-electron chi connectivity index (χ0n) is 24.1. The van der Waals surface area contributed by atoms with E-state index in [4.69, 9.17) is 22.0 Å². The van der Waals surface area contributed by atoms with Gasteiger partial charge in [0.05, 0.1) is 19.3 Å². The van der Waals surface area contributed by atoms with Gasteiger partial charge < -0.3 is 37.4 Å². The Kier molecular flexibility index (Phi) is 10.2. The molecule has 1 aliphatic carbocycles. The number of amides is 2. The van der Waals surface area contributed by atoms with Gasteiger partial charge in [0.1, 0.15) is 23.5 Å². The lowest BCUT2D eigenvalue weighted by Gasteiger charge is -2.43. The number of guanidine groups is 1. The molecule has 45 heavy (non-hydrogen) atoms. The monoisotopic (exact) mass is 670 g/mol. The van der Waals surface area contributed by atoms with Gasteiger partial charge in [-0.25, -0.2) is 14.1 Å². The quantitative estimate of drug-likeness (QED) is 0.0308. The van der Waals surface area contributed by atoms with Gasteiger partial charge in [0, 0.05) is 31.8 Å². The van der Waals surface area contributed by atoms with Crippen molar-refractivity contribution < 1.29 is 37.3 Å². The number of aliphatic carboxylic acids is 1. The number of nitrogen functional groups attached to an aromatic ring is 1. The topological polar surface area (TPSA) is 300 Å². The first-order chi connectivity index (χ1) is 21.3. The fourth-order valence-electron chi connectivity index (χ4n) is 4.77. The Morgan fingerprint density at radius 1 is 1.33 bits per heavy atom. The number of thiazole rings is 1. The highest BCUT2D eigenvalue weighted by Crippen LogP contribution is 2.34. The lowest BCUT2D eigenvalue weighted by Crippen LogP contribution is -2.73. The van der Waals surface area contributed by atoms with Crippen molar-refractivity contribution >= 4 is 56.2 Å². The predicted octanol–water partition coefficient (Wildman–Crippen LogP) is -2.27. The molecule has 1 aliphatic heterocycles. The highest BCUT2D eigenvalue weighted by Gasteiger charge is 2.55. The molecule has 2 fully saturated rings. The van der Waals surface area contributed by atoms with Gasteiger partial charge in [-0.15, -0.1) is 11.3 Å². The number of rotatable bonds is 14. The van der Waals surface area contributed by atoms with E-state index in [0.29, 0.717) is 38.0 Å². The van der Waals surface area contributed by atoms with E-state index in [1.54, 1.807) is 11.9 Å². The van der Waals surface area contributed by atoms with Crippen molar-refractivity contribution in [1.82, 2.24) is 34.5 Å². The lowest BCUT2D eigenvalue weighted by atomic mass is 9.98. The molecule has 9 N–H and O–H groups in total. The van der Waals surface area contributed by atoms with Crippen LogP contribution in [-0.2, 0) is 42.6 Å². The number of nitrogens with zero attached hydrogens (tertiary/aromatic N) is 8. The molecular weight excluding hydrogens is 636 g/mol. The summed E-state index contributed by atoms with van der Waals surface area (Å²) in [6, 6.07) is -2.83. The normalized spacial score (nSPS) is 20.2. The maximum atomic E-state index is 13.4. The summed E-state index contributed by atoms with van der Waals surface area (Å²) >= 11 is 0.975. The minimum absolute atomic E-state index is 0.0585. The number of hydrogen-bond donors (Lipinski definition) is 6. The molecule has 2 aliphatic rings. The molecule has 2 aromatic heterocycles. The first-order valence-corrected chi connectivity index (χ1v) is 16.0. The van der Waals surface area contributed by atoms with Crippen LogP contribution in [0.15, 0.2) is 21.7 Å². The van der Waals surface area contributed by atoms with E-state index in [-0.39, 0.29) is 47.0 Å². The zero-order valence-corrected chi connectivity index (χ0v) is 25.8. The number of β-lactam (4-membered cyclic amide) rings is 1. The summed E-state index contributed by atoms with van der Waals surface area (Å²) < 4.78 is 34.0. The van der Waals surface area contributed by atoms with Crippen LogP contribution in [0.2, 0.25) is 0 Å². The summed E-state index contributed by atoms with van der Waals surface area (Å²) in [7, 11) is -3.35. The number of hydrogen-bond acceptors (Lipinski definition) is 14. The van der Waals surface area contributed by atoms with Gasteiger partial charge in [-0.1, -0.05) is 5.16 Å². The Bertz CT molecular complexity index is 1580. The number of carboxylic acid groups (broad SMARTS) is 1. The standard InChI is InChI=1S/C23H34N12O8S2/c1-33(21(25)27-8-4-7-24)10-13-9-28-34(31-13)11-15-17(19(37)35(15)45(40,41)42)30-18(36)16(14-12-44-22(26)29-14)32-43-23(20(38)39)5-2-3-6-23/h9,12,15,17H,2-8,10-11,24H2,1H3,(H2,25,27)(H2,26,29)(H,30,36)(H,38,39)(H,40,41,42)/b32-16-/t15-,17+/m1/s1. The van der Waals surface area contributed by atoms with Gasteiger partial charge in [0.2, 0.25) is 5.60 Å². The van der Waals surface area contributed by atoms with E-state index in [9.17, 15) is 32.5 Å². The third-order valence-electron chi connectivity index (χ3n) is 7.16. The second-order valence-electron chi connectivity index (χ2n) is 10.4.